The summed E-state index contributed by atoms with van der Waals surface area (Å²) < 4.78 is 6.21. The molecule has 0 saturated heterocycles. The highest BCUT2D eigenvalue weighted by Crippen LogP contribution is 2.33. The molecule has 0 bridgehead atoms. The second kappa shape index (κ2) is 10.1. The van der Waals surface area contributed by atoms with Crippen LogP contribution in [-0.2, 0) is 4.79 Å². The zero-order chi connectivity index (χ0) is 20.8. The van der Waals surface area contributed by atoms with E-state index in [0.29, 0.717) is 36.3 Å². The molecule has 0 unspecified atom stereocenters. The summed E-state index contributed by atoms with van der Waals surface area (Å²) in [6.07, 6.45) is 6.21. The SMILES string of the molecule is CCN1CCCCCCN(C(=O)C2CC2)[C@@H](C(C)C)COc2ccccc2C1=O. The smallest absolute Gasteiger partial charge is 0.257 e. The van der Waals surface area contributed by atoms with E-state index < -0.39 is 0 Å². The zero-order valence-electron chi connectivity index (χ0n) is 18.2. The molecule has 0 radical (unpaired) electrons. The summed E-state index contributed by atoms with van der Waals surface area (Å²) in [5, 5.41) is 0. The van der Waals surface area contributed by atoms with Crippen LogP contribution in [-0.4, -0.2) is 53.9 Å². The van der Waals surface area contributed by atoms with Gasteiger partial charge in [-0.15, -0.1) is 0 Å². The maximum Gasteiger partial charge on any atom is 0.257 e. The zero-order valence-corrected chi connectivity index (χ0v) is 18.2. The van der Waals surface area contributed by atoms with Crippen molar-refractivity contribution >= 4 is 11.8 Å². The molecule has 1 aliphatic heterocycles. The third-order valence-electron chi connectivity index (χ3n) is 6.15. The molecule has 1 heterocycles. The van der Waals surface area contributed by atoms with E-state index in [1.165, 1.54) is 0 Å². The lowest BCUT2D eigenvalue weighted by molar-refractivity contribution is -0.136. The Hall–Kier alpha value is -2.04. The molecule has 160 valence electrons. The van der Waals surface area contributed by atoms with Gasteiger partial charge in [0.15, 0.2) is 0 Å². The molecule has 2 aliphatic rings. The molecule has 0 spiro atoms. The Balaban J connectivity index is 1.86. The number of para-hydroxylation sites is 1. The molecule has 1 aromatic rings. The van der Waals surface area contributed by atoms with Gasteiger partial charge < -0.3 is 14.5 Å². The summed E-state index contributed by atoms with van der Waals surface area (Å²) in [6.45, 7) is 9.03. The molecule has 29 heavy (non-hydrogen) atoms. The Morgan fingerprint density at radius 2 is 1.79 bits per heavy atom. The van der Waals surface area contributed by atoms with E-state index in [9.17, 15) is 9.59 Å². The fraction of sp³-hybridized carbons (Fsp3) is 0.667. The standard InChI is InChI=1S/C24H36N2O3/c1-4-25-15-9-5-6-10-16-26(23(27)19-13-14-19)21(18(2)3)17-29-22-12-8-7-11-20(22)24(25)28/h7-8,11-12,18-19,21H,4-6,9-10,13-17H2,1-3H3/t21-/m1/s1. The topological polar surface area (TPSA) is 49.9 Å². The molecule has 1 aliphatic carbocycles. The van der Waals surface area contributed by atoms with E-state index in [2.05, 4.69) is 18.7 Å². The van der Waals surface area contributed by atoms with Crippen LogP contribution >= 0.6 is 0 Å². The van der Waals surface area contributed by atoms with Gasteiger partial charge in [-0.05, 0) is 50.7 Å². The normalized spacial score (nSPS) is 22.1. The molecule has 5 heteroatoms. The fourth-order valence-corrected chi connectivity index (χ4v) is 4.10. The summed E-state index contributed by atoms with van der Waals surface area (Å²) in [5.41, 5.74) is 0.619. The van der Waals surface area contributed by atoms with Crippen LogP contribution in [0.5, 0.6) is 5.75 Å². The Bertz CT molecular complexity index is 699. The van der Waals surface area contributed by atoms with Crippen LogP contribution in [0.15, 0.2) is 24.3 Å². The van der Waals surface area contributed by atoms with Crippen molar-refractivity contribution in [3.05, 3.63) is 29.8 Å². The van der Waals surface area contributed by atoms with Crippen LogP contribution in [0.4, 0.5) is 0 Å². The number of amides is 2. The van der Waals surface area contributed by atoms with Gasteiger partial charge in [0.2, 0.25) is 5.91 Å². The maximum absolute atomic E-state index is 13.1. The Kier molecular flexibility index (Phi) is 7.57. The minimum Gasteiger partial charge on any atom is -0.491 e. The summed E-state index contributed by atoms with van der Waals surface area (Å²) in [6, 6.07) is 7.54. The second-order valence-corrected chi connectivity index (χ2v) is 8.72. The number of hydrogen-bond acceptors (Lipinski definition) is 3. The van der Waals surface area contributed by atoms with Gasteiger partial charge in [-0.2, -0.15) is 0 Å². The average molecular weight is 401 g/mol. The number of nitrogens with zero attached hydrogens (tertiary/aromatic N) is 2. The second-order valence-electron chi connectivity index (χ2n) is 8.72. The molecule has 1 fully saturated rings. The average Bonchev–Trinajstić information content (AvgIpc) is 3.56. The van der Waals surface area contributed by atoms with Gasteiger partial charge in [-0.3, -0.25) is 9.59 Å². The quantitative estimate of drug-likeness (QED) is 0.757. The Morgan fingerprint density at radius 3 is 2.45 bits per heavy atom. The third kappa shape index (κ3) is 5.52. The van der Waals surface area contributed by atoms with Crippen molar-refractivity contribution in [2.24, 2.45) is 11.8 Å². The minimum atomic E-state index is 0.0245. The predicted molar refractivity (Wildman–Crippen MR) is 115 cm³/mol. The summed E-state index contributed by atoms with van der Waals surface area (Å²) in [5.74, 6) is 1.45. The number of fused-ring (bicyclic) bond motifs is 1. The van der Waals surface area contributed by atoms with Crippen molar-refractivity contribution in [1.29, 1.82) is 0 Å². The lowest BCUT2D eigenvalue weighted by Gasteiger charge is -2.35. The fourth-order valence-electron chi connectivity index (χ4n) is 4.10. The van der Waals surface area contributed by atoms with Gasteiger partial charge in [0.05, 0.1) is 11.6 Å². The monoisotopic (exact) mass is 400 g/mol. The van der Waals surface area contributed by atoms with Crippen LogP contribution in [0.2, 0.25) is 0 Å². The Morgan fingerprint density at radius 1 is 1.10 bits per heavy atom. The van der Waals surface area contributed by atoms with Crippen LogP contribution in [0.1, 0.15) is 69.7 Å². The van der Waals surface area contributed by atoms with Crippen molar-refractivity contribution < 1.29 is 14.3 Å². The van der Waals surface area contributed by atoms with Crippen molar-refractivity contribution in [2.45, 2.75) is 65.3 Å². The first-order valence-corrected chi connectivity index (χ1v) is 11.3. The molecule has 1 aromatic carbocycles. The van der Waals surface area contributed by atoms with Gasteiger partial charge >= 0.3 is 0 Å². The highest BCUT2D eigenvalue weighted by molar-refractivity contribution is 5.96. The van der Waals surface area contributed by atoms with E-state index in [0.717, 1.165) is 51.6 Å². The van der Waals surface area contributed by atoms with Crippen molar-refractivity contribution in [3.8, 4) is 5.75 Å². The van der Waals surface area contributed by atoms with E-state index in [1.54, 1.807) is 0 Å². The molecule has 1 saturated carbocycles. The predicted octanol–water partition coefficient (Wildman–Crippen LogP) is 4.36. The molecule has 5 nitrogen and oxygen atoms in total. The van der Waals surface area contributed by atoms with Gasteiger partial charge in [0, 0.05) is 25.6 Å². The lowest BCUT2D eigenvalue weighted by Crippen LogP contribution is -2.48. The van der Waals surface area contributed by atoms with Crippen molar-refractivity contribution in [3.63, 3.8) is 0 Å². The molecular formula is C24H36N2O3. The van der Waals surface area contributed by atoms with Crippen LogP contribution in [0.25, 0.3) is 0 Å². The van der Waals surface area contributed by atoms with E-state index in [1.807, 2.05) is 36.1 Å². The number of rotatable bonds is 3. The van der Waals surface area contributed by atoms with Gasteiger partial charge in [-0.1, -0.05) is 38.8 Å². The van der Waals surface area contributed by atoms with Crippen molar-refractivity contribution in [1.82, 2.24) is 9.80 Å². The molecule has 0 aromatic heterocycles. The lowest BCUT2D eigenvalue weighted by atomic mass is 10.0. The van der Waals surface area contributed by atoms with Crippen LogP contribution in [0.3, 0.4) is 0 Å². The Labute approximate surface area is 175 Å². The highest BCUT2D eigenvalue weighted by Gasteiger charge is 2.37. The number of benzene rings is 1. The summed E-state index contributed by atoms with van der Waals surface area (Å²) in [7, 11) is 0. The van der Waals surface area contributed by atoms with Crippen LogP contribution < -0.4 is 4.74 Å². The first kappa shape index (κ1) is 21.7. The van der Waals surface area contributed by atoms with Gasteiger partial charge in [0.1, 0.15) is 12.4 Å². The van der Waals surface area contributed by atoms with E-state index in [4.69, 9.17) is 4.74 Å². The van der Waals surface area contributed by atoms with E-state index >= 15 is 0 Å². The van der Waals surface area contributed by atoms with E-state index in [-0.39, 0.29) is 17.9 Å². The third-order valence-corrected chi connectivity index (χ3v) is 6.15. The molecular weight excluding hydrogens is 364 g/mol. The molecule has 2 amide bonds. The number of carbonyl (C=O) groups is 2. The largest absolute Gasteiger partial charge is 0.491 e. The first-order chi connectivity index (χ1) is 14.0. The van der Waals surface area contributed by atoms with Gasteiger partial charge in [0.25, 0.3) is 5.91 Å². The molecule has 3 rings (SSSR count). The van der Waals surface area contributed by atoms with Gasteiger partial charge in [-0.25, -0.2) is 0 Å². The van der Waals surface area contributed by atoms with Crippen molar-refractivity contribution in [2.75, 3.05) is 26.2 Å². The van der Waals surface area contributed by atoms with Crippen LogP contribution in [0, 0.1) is 11.8 Å². The first-order valence-electron chi connectivity index (χ1n) is 11.3. The summed E-state index contributed by atoms with van der Waals surface area (Å²) >= 11 is 0. The minimum absolute atomic E-state index is 0.0245. The number of hydrogen-bond donors (Lipinski definition) is 0. The molecule has 0 N–H and O–H groups in total. The highest BCUT2D eigenvalue weighted by atomic mass is 16.5. The summed E-state index contributed by atoms with van der Waals surface area (Å²) in [4.78, 5) is 30.1. The maximum atomic E-state index is 13.1. The molecule has 1 atom stereocenters. The number of carbonyl (C=O) groups excluding carboxylic acids is 2. The number of ether oxygens (including phenoxy) is 1.